The monoisotopic (exact) mass is 251 g/mol. The molecule has 0 saturated carbocycles. The first kappa shape index (κ1) is 11.2. The van der Waals surface area contributed by atoms with Crippen LogP contribution in [-0.2, 0) is 6.54 Å². The van der Waals surface area contributed by atoms with E-state index < -0.39 is 0 Å². The first-order valence-corrected chi connectivity index (χ1v) is 6.65. The Morgan fingerprint density at radius 1 is 1.50 bits per heavy atom. The van der Waals surface area contributed by atoms with E-state index in [1.54, 1.807) is 22.7 Å². The van der Waals surface area contributed by atoms with Crippen molar-refractivity contribution < 1.29 is 0 Å². The fraction of sp³-hybridized carbons (Fsp3) is 0.182. The Kier molecular flexibility index (Phi) is 3.58. The minimum Gasteiger partial charge on any atom is -0.363 e. The minimum atomic E-state index is 0.756. The molecule has 0 aromatic carbocycles. The topological polar surface area (TPSA) is 50.4 Å². The van der Waals surface area contributed by atoms with E-state index in [1.807, 2.05) is 6.07 Å². The van der Waals surface area contributed by atoms with Gasteiger partial charge in [-0.15, -0.1) is 22.7 Å². The molecule has 2 aromatic rings. The molecular formula is C11H13N3S2. The molecule has 0 saturated heterocycles. The van der Waals surface area contributed by atoms with Crippen molar-refractivity contribution in [3.8, 4) is 0 Å². The largest absolute Gasteiger partial charge is 0.363 e. The van der Waals surface area contributed by atoms with Crippen molar-refractivity contribution >= 4 is 28.5 Å². The third-order valence-corrected chi connectivity index (χ3v) is 4.03. The van der Waals surface area contributed by atoms with Crippen LogP contribution in [0.15, 0.2) is 34.1 Å². The molecule has 0 fully saturated rings. The van der Waals surface area contributed by atoms with Crippen LogP contribution in [-0.4, -0.2) is 5.84 Å². The summed E-state index contributed by atoms with van der Waals surface area (Å²) in [6, 6.07) is 6.21. The Morgan fingerprint density at radius 3 is 2.94 bits per heavy atom. The quantitative estimate of drug-likeness (QED) is 0.381. The number of thiophene rings is 2. The van der Waals surface area contributed by atoms with Gasteiger partial charge in [0, 0.05) is 4.88 Å². The van der Waals surface area contributed by atoms with Crippen LogP contribution >= 0.6 is 22.7 Å². The Balaban J connectivity index is 2.02. The maximum atomic E-state index is 5.39. The van der Waals surface area contributed by atoms with Crippen LogP contribution in [0.3, 0.4) is 0 Å². The predicted molar refractivity (Wildman–Crippen MR) is 70.9 cm³/mol. The molecule has 2 aromatic heterocycles. The van der Waals surface area contributed by atoms with Gasteiger partial charge in [0.15, 0.2) is 5.84 Å². The van der Waals surface area contributed by atoms with E-state index in [4.69, 9.17) is 5.84 Å². The van der Waals surface area contributed by atoms with Gasteiger partial charge in [-0.3, -0.25) is 0 Å². The molecule has 3 N–H and O–H groups in total. The SMILES string of the molecule is Cc1csc(/C(=N\N)NCc2cccs2)c1. The molecule has 84 valence electrons. The van der Waals surface area contributed by atoms with Crippen molar-refractivity contribution in [2.24, 2.45) is 10.9 Å². The van der Waals surface area contributed by atoms with Crippen LogP contribution < -0.4 is 11.2 Å². The highest BCUT2D eigenvalue weighted by atomic mass is 32.1. The maximum Gasteiger partial charge on any atom is 0.163 e. The normalized spacial score (nSPS) is 11.7. The van der Waals surface area contributed by atoms with E-state index in [9.17, 15) is 0 Å². The predicted octanol–water partition coefficient (Wildman–Crippen LogP) is 2.53. The number of hydrogen-bond donors (Lipinski definition) is 2. The zero-order valence-corrected chi connectivity index (χ0v) is 10.6. The number of hydrogen-bond acceptors (Lipinski definition) is 4. The molecule has 0 aliphatic rings. The molecule has 3 nitrogen and oxygen atoms in total. The lowest BCUT2D eigenvalue weighted by Crippen LogP contribution is -2.24. The summed E-state index contributed by atoms with van der Waals surface area (Å²) >= 11 is 3.37. The van der Waals surface area contributed by atoms with Gasteiger partial charge in [-0.2, -0.15) is 5.10 Å². The zero-order chi connectivity index (χ0) is 11.4. The summed E-state index contributed by atoms with van der Waals surface area (Å²) in [4.78, 5) is 2.35. The van der Waals surface area contributed by atoms with Crippen LogP contribution in [0.4, 0.5) is 0 Å². The summed E-state index contributed by atoms with van der Waals surface area (Å²) in [5.41, 5.74) is 1.24. The standard InChI is InChI=1S/C11H13N3S2/c1-8-5-10(16-7-8)11(14-12)13-6-9-3-2-4-15-9/h2-5,7H,6,12H2,1H3,(H,13,14). The summed E-state index contributed by atoms with van der Waals surface area (Å²) in [5, 5.41) is 11.2. The number of nitrogens with two attached hydrogens (primary N) is 1. The molecule has 2 heterocycles. The van der Waals surface area contributed by atoms with Crippen LogP contribution in [0, 0.1) is 6.92 Å². The highest BCUT2D eigenvalue weighted by Crippen LogP contribution is 2.14. The molecule has 2 rings (SSSR count). The van der Waals surface area contributed by atoms with E-state index in [-0.39, 0.29) is 0 Å². The summed E-state index contributed by atoms with van der Waals surface area (Å²) < 4.78 is 0. The highest BCUT2D eigenvalue weighted by molar-refractivity contribution is 7.12. The summed E-state index contributed by atoms with van der Waals surface area (Å²) in [6.07, 6.45) is 0. The number of nitrogens with one attached hydrogen (secondary N) is 1. The lowest BCUT2D eigenvalue weighted by molar-refractivity contribution is 0.926. The van der Waals surface area contributed by atoms with Crippen molar-refractivity contribution in [1.82, 2.24) is 5.32 Å². The van der Waals surface area contributed by atoms with Crippen molar-refractivity contribution in [1.29, 1.82) is 0 Å². The Hall–Kier alpha value is -1.33. The Bertz CT molecular complexity index is 471. The van der Waals surface area contributed by atoms with Gasteiger partial charge in [0.1, 0.15) is 0 Å². The minimum absolute atomic E-state index is 0.756. The molecule has 0 atom stereocenters. The Morgan fingerprint density at radius 2 is 2.38 bits per heavy atom. The maximum absolute atomic E-state index is 5.39. The first-order chi connectivity index (χ1) is 7.79. The van der Waals surface area contributed by atoms with Gasteiger partial charge in [0.25, 0.3) is 0 Å². The summed E-state index contributed by atoms with van der Waals surface area (Å²) in [7, 11) is 0. The molecule has 0 aliphatic heterocycles. The van der Waals surface area contributed by atoms with E-state index >= 15 is 0 Å². The lowest BCUT2D eigenvalue weighted by Gasteiger charge is -2.05. The number of rotatable bonds is 3. The molecule has 0 unspecified atom stereocenters. The van der Waals surface area contributed by atoms with Crippen LogP contribution in [0.2, 0.25) is 0 Å². The zero-order valence-electron chi connectivity index (χ0n) is 8.93. The Labute approximate surface area is 103 Å². The molecular weight excluding hydrogens is 238 g/mol. The molecule has 0 spiro atoms. The second-order valence-corrected chi connectivity index (χ2v) is 5.34. The van der Waals surface area contributed by atoms with E-state index in [0.717, 1.165) is 17.3 Å². The number of aryl methyl sites for hydroxylation is 1. The van der Waals surface area contributed by atoms with Crippen molar-refractivity contribution in [2.75, 3.05) is 0 Å². The van der Waals surface area contributed by atoms with Gasteiger partial charge in [-0.25, -0.2) is 0 Å². The van der Waals surface area contributed by atoms with Crippen LogP contribution in [0.1, 0.15) is 15.3 Å². The van der Waals surface area contributed by atoms with Gasteiger partial charge >= 0.3 is 0 Å². The molecule has 16 heavy (non-hydrogen) atoms. The van der Waals surface area contributed by atoms with Crippen molar-refractivity contribution in [3.63, 3.8) is 0 Å². The van der Waals surface area contributed by atoms with E-state index in [0.29, 0.717) is 0 Å². The summed E-state index contributed by atoms with van der Waals surface area (Å²) in [5.74, 6) is 6.15. The van der Waals surface area contributed by atoms with E-state index in [2.05, 4.69) is 40.2 Å². The van der Waals surface area contributed by atoms with Crippen LogP contribution in [0.25, 0.3) is 0 Å². The third-order valence-electron chi connectivity index (χ3n) is 2.10. The fourth-order valence-electron chi connectivity index (χ4n) is 1.34. The number of hydrazone groups is 1. The highest BCUT2D eigenvalue weighted by Gasteiger charge is 2.05. The second-order valence-electron chi connectivity index (χ2n) is 3.40. The van der Waals surface area contributed by atoms with Gasteiger partial charge < -0.3 is 11.2 Å². The van der Waals surface area contributed by atoms with Gasteiger partial charge in [-0.1, -0.05) is 6.07 Å². The van der Waals surface area contributed by atoms with Crippen molar-refractivity contribution in [3.05, 3.63) is 44.3 Å². The van der Waals surface area contributed by atoms with Gasteiger partial charge in [0.2, 0.25) is 0 Å². The second kappa shape index (κ2) is 5.14. The molecule has 0 bridgehead atoms. The lowest BCUT2D eigenvalue weighted by atomic mass is 10.3. The molecule has 0 amide bonds. The third kappa shape index (κ3) is 2.62. The fourth-order valence-corrected chi connectivity index (χ4v) is 2.85. The van der Waals surface area contributed by atoms with E-state index in [1.165, 1.54) is 10.4 Å². The number of amidine groups is 1. The average molecular weight is 251 g/mol. The van der Waals surface area contributed by atoms with Gasteiger partial charge in [0.05, 0.1) is 11.4 Å². The average Bonchev–Trinajstić information content (AvgIpc) is 2.91. The molecule has 0 radical (unpaired) electrons. The smallest absolute Gasteiger partial charge is 0.163 e. The van der Waals surface area contributed by atoms with Crippen LogP contribution in [0.5, 0.6) is 0 Å². The van der Waals surface area contributed by atoms with Crippen molar-refractivity contribution in [2.45, 2.75) is 13.5 Å². The molecule has 0 aliphatic carbocycles. The van der Waals surface area contributed by atoms with Gasteiger partial charge in [-0.05, 0) is 35.4 Å². The summed E-state index contributed by atoms with van der Waals surface area (Å²) in [6.45, 7) is 2.83. The number of nitrogens with zero attached hydrogens (tertiary/aromatic N) is 1. The molecule has 5 heteroatoms. The first-order valence-electron chi connectivity index (χ1n) is 4.89.